The van der Waals surface area contributed by atoms with Gasteiger partial charge in [-0.25, -0.2) is 0 Å². The molecular weight excluding hydrogens is 581 g/mol. The van der Waals surface area contributed by atoms with E-state index in [2.05, 4.69) is 178 Å². The molecule has 1 fully saturated rings. The van der Waals surface area contributed by atoms with Gasteiger partial charge in [-0.15, -0.1) is 0 Å². The highest BCUT2D eigenvalue weighted by molar-refractivity contribution is 5.72. The minimum absolute atomic E-state index is 0.152. The molecule has 4 aromatic carbocycles. The summed E-state index contributed by atoms with van der Waals surface area (Å²) in [5.74, 6) is 0.583. The van der Waals surface area contributed by atoms with Crippen LogP contribution in [0, 0.1) is 26.7 Å². The van der Waals surface area contributed by atoms with E-state index in [1.165, 1.54) is 88.5 Å². The van der Waals surface area contributed by atoms with Crippen molar-refractivity contribution in [2.45, 2.75) is 85.0 Å². The first-order chi connectivity index (χ1) is 23.3. The SMILES string of the molecule is C/C=C(\C=C/CC1(c2ccc(N(C3=CCC(C)C=C3)c3ccc(C)cc3)cc2)CCCCC1)N(c1ccc(C)cc1)c1ccc(C)cc1. The van der Waals surface area contributed by atoms with Gasteiger partial charge in [0, 0.05) is 34.1 Å². The molecule has 0 heterocycles. The Labute approximate surface area is 289 Å². The minimum atomic E-state index is 0.152. The number of hydrogen-bond acceptors (Lipinski definition) is 2. The maximum Gasteiger partial charge on any atom is 0.0461 e. The van der Waals surface area contributed by atoms with Crippen molar-refractivity contribution in [1.82, 2.24) is 0 Å². The Balaban J connectivity index is 1.29. The summed E-state index contributed by atoms with van der Waals surface area (Å²) < 4.78 is 0. The molecule has 2 heteroatoms. The van der Waals surface area contributed by atoms with Gasteiger partial charge in [-0.2, -0.15) is 0 Å². The van der Waals surface area contributed by atoms with E-state index in [-0.39, 0.29) is 5.41 Å². The smallest absolute Gasteiger partial charge is 0.0461 e. The number of rotatable bonds is 10. The van der Waals surface area contributed by atoms with Gasteiger partial charge in [0.25, 0.3) is 0 Å². The van der Waals surface area contributed by atoms with Gasteiger partial charge >= 0.3 is 0 Å². The zero-order valence-electron chi connectivity index (χ0n) is 29.6. The predicted molar refractivity (Wildman–Crippen MR) is 208 cm³/mol. The molecule has 4 aromatic rings. The predicted octanol–water partition coefficient (Wildman–Crippen LogP) is 13.1. The molecule has 48 heavy (non-hydrogen) atoms. The zero-order valence-corrected chi connectivity index (χ0v) is 29.6. The first kappa shape index (κ1) is 33.3. The summed E-state index contributed by atoms with van der Waals surface area (Å²) in [6.45, 7) is 10.9. The summed E-state index contributed by atoms with van der Waals surface area (Å²) in [4.78, 5) is 4.80. The fourth-order valence-electron chi connectivity index (χ4n) is 7.37. The second-order valence-corrected chi connectivity index (χ2v) is 14.1. The molecule has 0 amide bonds. The van der Waals surface area contributed by atoms with Crippen LogP contribution in [0.3, 0.4) is 0 Å². The van der Waals surface area contributed by atoms with Crippen molar-refractivity contribution < 1.29 is 0 Å². The molecule has 1 saturated carbocycles. The molecule has 1 atom stereocenters. The first-order valence-electron chi connectivity index (χ1n) is 18.0. The summed E-state index contributed by atoms with van der Waals surface area (Å²) in [5.41, 5.74) is 12.7. The summed E-state index contributed by atoms with van der Waals surface area (Å²) >= 11 is 0. The van der Waals surface area contributed by atoms with E-state index < -0.39 is 0 Å². The number of benzene rings is 4. The fourth-order valence-corrected chi connectivity index (χ4v) is 7.37. The molecule has 2 aliphatic rings. The lowest BCUT2D eigenvalue weighted by atomic mass is 9.67. The third-order valence-corrected chi connectivity index (χ3v) is 10.3. The van der Waals surface area contributed by atoms with Crippen molar-refractivity contribution >= 4 is 22.7 Å². The Kier molecular flexibility index (Phi) is 10.5. The van der Waals surface area contributed by atoms with Crippen LogP contribution in [0.25, 0.3) is 0 Å². The second kappa shape index (κ2) is 15.1. The molecule has 246 valence electrons. The number of anilines is 4. The number of hydrogen-bond donors (Lipinski definition) is 0. The maximum atomic E-state index is 2.45. The van der Waals surface area contributed by atoms with Crippen molar-refractivity contribution in [3.05, 3.63) is 167 Å². The van der Waals surface area contributed by atoms with Gasteiger partial charge in [0.15, 0.2) is 0 Å². The van der Waals surface area contributed by atoms with E-state index in [0.29, 0.717) is 5.92 Å². The Hall–Kier alpha value is -4.56. The molecular formula is C46H52N2. The van der Waals surface area contributed by atoms with Gasteiger partial charge in [-0.05, 0) is 131 Å². The molecule has 1 unspecified atom stereocenters. The average molecular weight is 633 g/mol. The van der Waals surface area contributed by atoms with Crippen molar-refractivity contribution in [3.63, 3.8) is 0 Å². The van der Waals surface area contributed by atoms with E-state index >= 15 is 0 Å². The Bertz CT molecular complexity index is 1720. The topological polar surface area (TPSA) is 6.48 Å². The third-order valence-electron chi connectivity index (χ3n) is 10.3. The van der Waals surface area contributed by atoms with Crippen molar-refractivity contribution in [1.29, 1.82) is 0 Å². The van der Waals surface area contributed by atoms with Gasteiger partial charge in [0.05, 0.1) is 0 Å². The molecule has 0 aromatic heterocycles. The summed E-state index contributed by atoms with van der Waals surface area (Å²) in [7, 11) is 0. The molecule has 0 N–H and O–H groups in total. The fraction of sp³-hybridized carbons (Fsp3) is 0.304. The monoisotopic (exact) mass is 632 g/mol. The molecule has 0 saturated heterocycles. The van der Waals surface area contributed by atoms with Crippen LogP contribution in [0.1, 0.15) is 81.0 Å². The van der Waals surface area contributed by atoms with Crippen molar-refractivity contribution in [3.8, 4) is 0 Å². The number of aryl methyl sites for hydroxylation is 3. The molecule has 0 aliphatic heterocycles. The third kappa shape index (κ3) is 7.60. The van der Waals surface area contributed by atoms with E-state index in [1.54, 1.807) is 0 Å². The second-order valence-electron chi connectivity index (χ2n) is 14.1. The first-order valence-corrected chi connectivity index (χ1v) is 18.0. The Morgan fingerprint density at radius 1 is 0.688 bits per heavy atom. The largest absolute Gasteiger partial charge is 0.311 e. The van der Waals surface area contributed by atoms with E-state index in [4.69, 9.17) is 0 Å². The average Bonchev–Trinajstić information content (AvgIpc) is 3.11. The Morgan fingerprint density at radius 3 is 1.67 bits per heavy atom. The lowest BCUT2D eigenvalue weighted by Gasteiger charge is -2.38. The van der Waals surface area contributed by atoms with Crippen LogP contribution in [0.4, 0.5) is 22.7 Å². The van der Waals surface area contributed by atoms with Crippen LogP contribution in [0.5, 0.6) is 0 Å². The molecule has 0 spiro atoms. The van der Waals surface area contributed by atoms with Gasteiger partial charge in [-0.3, -0.25) is 0 Å². The van der Waals surface area contributed by atoms with Gasteiger partial charge < -0.3 is 9.80 Å². The molecule has 2 nitrogen and oxygen atoms in total. The van der Waals surface area contributed by atoms with Gasteiger partial charge in [0.2, 0.25) is 0 Å². The standard InChI is InChI=1S/C46H52N2/c1-6-40(47(41-22-12-35(2)13-23-41)42-24-14-36(3)15-25-42)11-10-34-46(32-8-7-9-33-46)39-20-30-45(31-21-39)48(43-26-16-37(4)17-27-43)44-28-18-38(5)19-29-44/h6,10-18,20-31,38H,7-9,19,32-34H2,1-5H3/b11-10-,40-6+. The van der Waals surface area contributed by atoms with E-state index in [1.807, 2.05) is 0 Å². The molecule has 2 aliphatic carbocycles. The number of allylic oxidation sites excluding steroid dienone is 6. The quantitative estimate of drug-likeness (QED) is 0.161. The lowest BCUT2D eigenvalue weighted by Crippen LogP contribution is -2.28. The molecule has 6 rings (SSSR count). The van der Waals surface area contributed by atoms with E-state index in [9.17, 15) is 0 Å². The highest BCUT2D eigenvalue weighted by Gasteiger charge is 2.33. The highest BCUT2D eigenvalue weighted by Crippen LogP contribution is 2.44. The minimum Gasteiger partial charge on any atom is -0.311 e. The van der Waals surface area contributed by atoms with Crippen LogP contribution < -0.4 is 9.80 Å². The van der Waals surface area contributed by atoms with Gasteiger partial charge in [0.1, 0.15) is 0 Å². The van der Waals surface area contributed by atoms with Gasteiger partial charge in [-0.1, -0.05) is 116 Å². The molecule has 0 bridgehead atoms. The summed E-state index contributed by atoms with van der Waals surface area (Å²) in [5, 5.41) is 0. The normalized spacial score (nSPS) is 17.7. The maximum absolute atomic E-state index is 2.45. The van der Waals surface area contributed by atoms with Crippen LogP contribution in [-0.4, -0.2) is 0 Å². The highest BCUT2D eigenvalue weighted by atomic mass is 15.2. The van der Waals surface area contributed by atoms with Crippen LogP contribution >= 0.6 is 0 Å². The summed E-state index contributed by atoms with van der Waals surface area (Å²) in [6, 6.07) is 36.2. The van der Waals surface area contributed by atoms with E-state index in [0.717, 1.165) is 12.8 Å². The Morgan fingerprint density at radius 2 is 1.19 bits per heavy atom. The van der Waals surface area contributed by atoms with Crippen LogP contribution in [0.2, 0.25) is 0 Å². The number of nitrogens with zero attached hydrogens (tertiary/aromatic N) is 2. The summed E-state index contributed by atoms with van der Waals surface area (Å²) in [6.07, 6.45) is 22.5. The van der Waals surface area contributed by atoms with Crippen LogP contribution in [0.15, 0.2) is 145 Å². The zero-order chi connectivity index (χ0) is 33.5. The molecule has 0 radical (unpaired) electrons. The van der Waals surface area contributed by atoms with Crippen molar-refractivity contribution in [2.24, 2.45) is 5.92 Å². The van der Waals surface area contributed by atoms with Crippen LogP contribution in [-0.2, 0) is 5.41 Å². The van der Waals surface area contributed by atoms with Crippen molar-refractivity contribution in [2.75, 3.05) is 9.80 Å². The lowest BCUT2D eigenvalue weighted by molar-refractivity contribution is 0.295.